The number of esters is 1. The predicted octanol–water partition coefficient (Wildman–Crippen LogP) is 0.704. The molecule has 3 nitrogen and oxygen atoms in total. The number of ether oxygens (including phenoxy) is 1. The summed E-state index contributed by atoms with van der Waals surface area (Å²) in [5, 5.41) is 8.32. The first-order valence-corrected chi connectivity index (χ1v) is 3.60. The van der Waals surface area contributed by atoms with E-state index in [1.165, 1.54) is 19.3 Å². The maximum atomic E-state index is 10.5. The van der Waals surface area contributed by atoms with Crippen LogP contribution >= 0.6 is 11.6 Å². The average Bonchev–Trinajstić information content (AvgIpc) is 1.99. The monoisotopic (exact) mass is 178 g/mol. The van der Waals surface area contributed by atoms with Crippen molar-refractivity contribution >= 4 is 17.6 Å². The predicted molar refractivity (Wildman–Crippen MR) is 42.5 cm³/mol. The third-order valence-corrected chi connectivity index (χ3v) is 1.59. The van der Waals surface area contributed by atoms with Gasteiger partial charge in [0.2, 0.25) is 0 Å². The zero-order chi connectivity index (χ0) is 8.85. The van der Waals surface area contributed by atoms with Crippen molar-refractivity contribution in [3.05, 3.63) is 12.2 Å². The summed E-state index contributed by atoms with van der Waals surface area (Å²) in [5.74, 6) is -0.476. The highest BCUT2D eigenvalue weighted by molar-refractivity contribution is 6.22. The molecule has 0 heterocycles. The summed E-state index contributed by atoms with van der Waals surface area (Å²) >= 11 is 5.57. The SMILES string of the molecule is COC(=O)/C=C/[C@@H](Cl)[C@H](C)O. The number of carbonyl (C=O) groups is 1. The molecule has 0 rings (SSSR count). The number of methoxy groups -OCH3 is 1. The lowest BCUT2D eigenvalue weighted by molar-refractivity contribution is -0.134. The molecule has 0 bridgehead atoms. The number of aliphatic hydroxyl groups is 1. The van der Waals surface area contributed by atoms with Gasteiger partial charge < -0.3 is 9.84 Å². The van der Waals surface area contributed by atoms with Gasteiger partial charge in [0.05, 0.1) is 18.6 Å². The molecule has 0 saturated heterocycles. The van der Waals surface area contributed by atoms with Crippen molar-refractivity contribution < 1.29 is 14.6 Å². The maximum Gasteiger partial charge on any atom is 0.330 e. The van der Waals surface area contributed by atoms with Crippen LogP contribution in [0.1, 0.15) is 6.92 Å². The van der Waals surface area contributed by atoms with Crippen LogP contribution in [0, 0.1) is 0 Å². The van der Waals surface area contributed by atoms with E-state index < -0.39 is 17.5 Å². The van der Waals surface area contributed by atoms with Gasteiger partial charge in [-0.3, -0.25) is 0 Å². The van der Waals surface area contributed by atoms with Gasteiger partial charge in [-0.25, -0.2) is 4.79 Å². The van der Waals surface area contributed by atoms with E-state index in [-0.39, 0.29) is 0 Å². The number of halogens is 1. The van der Waals surface area contributed by atoms with Crippen LogP contribution in [0.2, 0.25) is 0 Å². The number of carbonyl (C=O) groups excluding carboxylic acids is 1. The van der Waals surface area contributed by atoms with E-state index in [1.54, 1.807) is 6.92 Å². The Kier molecular flexibility index (Phi) is 4.90. The van der Waals surface area contributed by atoms with Crippen molar-refractivity contribution in [1.29, 1.82) is 0 Å². The fraction of sp³-hybridized carbons (Fsp3) is 0.571. The molecule has 1 N–H and O–H groups in total. The Morgan fingerprint density at radius 1 is 1.73 bits per heavy atom. The van der Waals surface area contributed by atoms with Crippen molar-refractivity contribution in [3.8, 4) is 0 Å². The number of rotatable bonds is 3. The van der Waals surface area contributed by atoms with Gasteiger partial charge in [0, 0.05) is 6.08 Å². The van der Waals surface area contributed by atoms with Crippen molar-refractivity contribution in [2.75, 3.05) is 7.11 Å². The molecule has 0 spiro atoms. The van der Waals surface area contributed by atoms with Gasteiger partial charge in [0.25, 0.3) is 0 Å². The Bertz CT molecular complexity index is 154. The number of hydrogen-bond donors (Lipinski definition) is 1. The summed E-state index contributed by atoms with van der Waals surface area (Å²) < 4.78 is 4.31. The van der Waals surface area contributed by atoms with E-state index in [0.29, 0.717) is 0 Å². The smallest absolute Gasteiger partial charge is 0.330 e. The fourth-order valence-electron chi connectivity index (χ4n) is 0.399. The van der Waals surface area contributed by atoms with Gasteiger partial charge in [0.1, 0.15) is 0 Å². The molecule has 0 aliphatic carbocycles. The molecule has 0 aliphatic rings. The summed E-state index contributed by atoms with van der Waals surface area (Å²) in [5.41, 5.74) is 0. The van der Waals surface area contributed by atoms with Crippen molar-refractivity contribution in [3.63, 3.8) is 0 Å². The summed E-state index contributed by atoms with van der Waals surface area (Å²) in [6, 6.07) is 0. The topological polar surface area (TPSA) is 46.5 Å². The molecular formula is C7H11ClO3. The second-order valence-corrected chi connectivity index (χ2v) is 2.57. The minimum absolute atomic E-state index is 0.476. The van der Waals surface area contributed by atoms with Gasteiger partial charge >= 0.3 is 5.97 Å². The summed E-state index contributed by atoms with van der Waals surface area (Å²) in [4.78, 5) is 10.5. The molecule has 0 radical (unpaired) electrons. The van der Waals surface area contributed by atoms with Gasteiger partial charge in [-0.15, -0.1) is 11.6 Å². The molecule has 0 aromatic rings. The highest BCUT2D eigenvalue weighted by atomic mass is 35.5. The van der Waals surface area contributed by atoms with Gasteiger partial charge in [0.15, 0.2) is 0 Å². The van der Waals surface area contributed by atoms with E-state index >= 15 is 0 Å². The fourth-order valence-corrected chi connectivity index (χ4v) is 0.472. The highest BCUT2D eigenvalue weighted by Crippen LogP contribution is 2.03. The molecule has 4 heteroatoms. The van der Waals surface area contributed by atoms with Gasteiger partial charge in [-0.2, -0.15) is 0 Å². The molecule has 0 amide bonds. The maximum absolute atomic E-state index is 10.5. The van der Waals surface area contributed by atoms with Crippen molar-refractivity contribution in [2.24, 2.45) is 0 Å². The third kappa shape index (κ3) is 4.81. The molecule has 0 aliphatic heterocycles. The van der Waals surface area contributed by atoms with Crippen LogP contribution in [0.15, 0.2) is 12.2 Å². The van der Waals surface area contributed by atoms with E-state index in [2.05, 4.69) is 4.74 Å². The van der Waals surface area contributed by atoms with Crippen molar-refractivity contribution in [1.82, 2.24) is 0 Å². The van der Waals surface area contributed by atoms with Crippen LogP contribution in [-0.2, 0) is 9.53 Å². The molecule has 64 valence electrons. The van der Waals surface area contributed by atoms with Crippen LogP contribution in [0.25, 0.3) is 0 Å². The molecular weight excluding hydrogens is 168 g/mol. The number of hydrogen-bond acceptors (Lipinski definition) is 3. The molecule has 0 fully saturated rings. The average molecular weight is 179 g/mol. The van der Waals surface area contributed by atoms with Crippen LogP contribution in [0.4, 0.5) is 0 Å². The van der Waals surface area contributed by atoms with Gasteiger partial charge in [-0.05, 0) is 6.92 Å². The van der Waals surface area contributed by atoms with Crippen LogP contribution in [-0.4, -0.2) is 29.7 Å². The summed E-state index contributed by atoms with van der Waals surface area (Å²) in [7, 11) is 1.28. The lowest BCUT2D eigenvalue weighted by Gasteiger charge is -2.05. The Morgan fingerprint density at radius 3 is 2.64 bits per heavy atom. The third-order valence-electron chi connectivity index (χ3n) is 1.08. The Morgan fingerprint density at radius 2 is 2.27 bits per heavy atom. The van der Waals surface area contributed by atoms with E-state index in [0.717, 1.165) is 0 Å². The lowest BCUT2D eigenvalue weighted by Crippen LogP contribution is -2.14. The lowest BCUT2D eigenvalue weighted by atomic mass is 10.2. The minimum Gasteiger partial charge on any atom is -0.466 e. The first-order chi connectivity index (χ1) is 5.07. The molecule has 0 saturated carbocycles. The molecule has 0 unspecified atom stereocenters. The molecule has 2 atom stereocenters. The van der Waals surface area contributed by atoms with Crippen molar-refractivity contribution in [2.45, 2.75) is 18.4 Å². The number of alkyl halides is 1. The molecule has 0 aromatic carbocycles. The van der Waals surface area contributed by atoms with E-state index in [4.69, 9.17) is 16.7 Å². The largest absolute Gasteiger partial charge is 0.466 e. The van der Waals surface area contributed by atoms with Crippen LogP contribution in [0.3, 0.4) is 0 Å². The molecule has 0 aromatic heterocycles. The normalized spacial score (nSPS) is 16.4. The van der Waals surface area contributed by atoms with E-state index in [1.807, 2.05) is 0 Å². The zero-order valence-electron chi connectivity index (χ0n) is 6.45. The summed E-state index contributed by atoms with van der Waals surface area (Å²) in [6.45, 7) is 1.54. The molecule has 11 heavy (non-hydrogen) atoms. The quantitative estimate of drug-likeness (QED) is 0.393. The Hall–Kier alpha value is -0.540. The van der Waals surface area contributed by atoms with E-state index in [9.17, 15) is 4.79 Å². The first-order valence-electron chi connectivity index (χ1n) is 3.16. The van der Waals surface area contributed by atoms with Crippen LogP contribution in [0.5, 0.6) is 0 Å². The standard InChI is InChI=1S/C7H11ClO3/c1-5(9)6(8)3-4-7(10)11-2/h3-6,9H,1-2H3/b4-3+/t5-,6+/m0/s1. The highest BCUT2D eigenvalue weighted by Gasteiger charge is 2.06. The Labute approximate surface area is 70.6 Å². The number of aliphatic hydroxyl groups excluding tert-OH is 1. The second-order valence-electron chi connectivity index (χ2n) is 2.07. The second kappa shape index (κ2) is 5.16. The van der Waals surface area contributed by atoms with Crippen LogP contribution < -0.4 is 0 Å². The Balaban J connectivity index is 3.82. The van der Waals surface area contributed by atoms with Gasteiger partial charge in [-0.1, -0.05) is 6.08 Å². The zero-order valence-corrected chi connectivity index (χ0v) is 7.21. The first kappa shape index (κ1) is 10.5. The summed E-state index contributed by atoms with van der Waals surface area (Å²) in [6.07, 6.45) is 1.90. The minimum atomic E-state index is -0.669.